The molecule has 3 aromatic rings. The maximum absolute atomic E-state index is 12.6. The lowest BCUT2D eigenvalue weighted by atomic mass is 9.95. The minimum absolute atomic E-state index is 0.0140. The number of aryl methyl sites for hydroxylation is 1. The van der Waals surface area contributed by atoms with Crippen LogP contribution in [-0.4, -0.2) is 29.2 Å². The maximum Gasteiger partial charge on any atom is 0.227 e. The van der Waals surface area contributed by atoms with Crippen LogP contribution in [0.25, 0.3) is 11.3 Å². The first-order chi connectivity index (χ1) is 14.5. The fourth-order valence-corrected chi connectivity index (χ4v) is 4.15. The predicted octanol–water partition coefficient (Wildman–Crippen LogP) is 5.61. The zero-order valence-corrected chi connectivity index (χ0v) is 18.1. The van der Waals surface area contributed by atoms with Gasteiger partial charge in [-0.15, -0.1) is 10.2 Å². The molecule has 0 unspecified atom stereocenters. The van der Waals surface area contributed by atoms with E-state index in [-0.39, 0.29) is 11.8 Å². The van der Waals surface area contributed by atoms with Crippen LogP contribution in [0.3, 0.4) is 0 Å². The molecule has 0 spiro atoms. The molecule has 2 aromatic carbocycles. The van der Waals surface area contributed by atoms with E-state index in [1.54, 1.807) is 18.2 Å². The Morgan fingerprint density at radius 2 is 1.80 bits per heavy atom. The lowest BCUT2D eigenvalue weighted by Gasteiger charge is -2.31. The first-order valence-corrected chi connectivity index (χ1v) is 10.7. The van der Waals surface area contributed by atoms with Crippen molar-refractivity contribution >= 4 is 40.6 Å². The molecule has 1 saturated heterocycles. The molecule has 1 amide bonds. The van der Waals surface area contributed by atoms with Gasteiger partial charge in [-0.1, -0.05) is 47.5 Å². The Kier molecular flexibility index (Phi) is 6.21. The van der Waals surface area contributed by atoms with Gasteiger partial charge in [0.1, 0.15) is 0 Å². The fourth-order valence-electron chi connectivity index (χ4n) is 3.69. The van der Waals surface area contributed by atoms with E-state index in [0.717, 1.165) is 43.0 Å². The Bertz CT molecular complexity index is 1050. The van der Waals surface area contributed by atoms with E-state index >= 15 is 0 Å². The van der Waals surface area contributed by atoms with Gasteiger partial charge >= 0.3 is 0 Å². The average molecular weight is 441 g/mol. The molecule has 1 aromatic heterocycles. The minimum Gasteiger partial charge on any atom is -0.355 e. The summed E-state index contributed by atoms with van der Waals surface area (Å²) in [5, 5.41) is 12.7. The van der Waals surface area contributed by atoms with Gasteiger partial charge in [0, 0.05) is 29.6 Å². The molecule has 0 saturated carbocycles. The van der Waals surface area contributed by atoms with Crippen molar-refractivity contribution in [1.29, 1.82) is 0 Å². The second-order valence-electron chi connectivity index (χ2n) is 7.47. The van der Waals surface area contributed by atoms with Gasteiger partial charge < -0.3 is 10.2 Å². The van der Waals surface area contributed by atoms with Crippen molar-refractivity contribution in [1.82, 2.24) is 10.2 Å². The van der Waals surface area contributed by atoms with Gasteiger partial charge in [-0.25, -0.2) is 0 Å². The zero-order chi connectivity index (χ0) is 21.1. The fraction of sp³-hybridized carbons (Fsp3) is 0.261. The number of hydrogen-bond acceptors (Lipinski definition) is 4. The second kappa shape index (κ2) is 9.02. The predicted molar refractivity (Wildman–Crippen MR) is 122 cm³/mol. The molecule has 7 heteroatoms. The Morgan fingerprint density at radius 1 is 1.03 bits per heavy atom. The number of hydrogen-bond donors (Lipinski definition) is 1. The van der Waals surface area contributed by atoms with Crippen LogP contribution in [-0.2, 0) is 4.79 Å². The molecule has 30 heavy (non-hydrogen) atoms. The summed E-state index contributed by atoms with van der Waals surface area (Å²) < 4.78 is 0. The van der Waals surface area contributed by atoms with Crippen LogP contribution in [0.1, 0.15) is 18.4 Å². The topological polar surface area (TPSA) is 58.1 Å². The standard InChI is InChI=1S/C23H22Cl2N4O/c1-15-4-2-3-5-18(15)20-8-9-22(28-27-20)29-12-10-16(11-13-29)23(30)26-21-7-6-17(24)14-19(21)25/h2-9,14,16H,10-13H2,1H3,(H,26,30). The number of rotatable bonds is 4. The third-order valence-corrected chi connectivity index (χ3v) is 6.00. The van der Waals surface area contributed by atoms with Crippen LogP contribution < -0.4 is 10.2 Å². The summed E-state index contributed by atoms with van der Waals surface area (Å²) in [7, 11) is 0. The molecular weight excluding hydrogens is 419 g/mol. The molecule has 0 radical (unpaired) electrons. The van der Waals surface area contributed by atoms with Crippen molar-refractivity contribution in [3.8, 4) is 11.3 Å². The molecule has 1 N–H and O–H groups in total. The van der Waals surface area contributed by atoms with Crippen LogP contribution in [0, 0.1) is 12.8 Å². The van der Waals surface area contributed by atoms with Gasteiger partial charge in [0.15, 0.2) is 5.82 Å². The molecular formula is C23H22Cl2N4O. The number of nitrogens with zero attached hydrogens (tertiary/aromatic N) is 3. The van der Waals surface area contributed by atoms with Gasteiger partial charge in [-0.2, -0.15) is 0 Å². The van der Waals surface area contributed by atoms with Gasteiger partial charge in [0.2, 0.25) is 5.91 Å². The molecule has 1 fully saturated rings. The highest BCUT2D eigenvalue weighted by molar-refractivity contribution is 6.36. The van der Waals surface area contributed by atoms with Gasteiger partial charge in [0.25, 0.3) is 0 Å². The van der Waals surface area contributed by atoms with Crippen LogP contribution in [0.5, 0.6) is 0 Å². The first-order valence-electron chi connectivity index (χ1n) is 9.92. The third kappa shape index (κ3) is 4.58. The summed E-state index contributed by atoms with van der Waals surface area (Å²) in [4.78, 5) is 14.8. The van der Waals surface area contributed by atoms with E-state index < -0.39 is 0 Å². The van der Waals surface area contributed by atoms with Crippen LogP contribution in [0.2, 0.25) is 10.0 Å². The number of aromatic nitrogens is 2. The van der Waals surface area contributed by atoms with E-state index in [9.17, 15) is 4.79 Å². The molecule has 154 valence electrons. The van der Waals surface area contributed by atoms with Crippen LogP contribution >= 0.6 is 23.2 Å². The Labute approximate surface area is 186 Å². The van der Waals surface area contributed by atoms with E-state index in [1.165, 1.54) is 5.56 Å². The highest BCUT2D eigenvalue weighted by atomic mass is 35.5. The monoisotopic (exact) mass is 440 g/mol. The highest BCUT2D eigenvalue weighted by Gasteiger charge is 2.26. The van der Waals surface area contributed by atoms with Gasteiger partial charge in [-0.05, 0) is 55.7 Å². The van der Waals surface area contributed by atoms with Crippen molar-refractivity contribution in [2.75, 3.05) is 23.3 Å². The number of carbonyl (C=O) groups is 1. The highest BCUT2D eigenvalue weighted by Crippen LogP contribution is 2.28. The van der Waals surface area contributed by atoms with E-state index in [0.29, 0.717) is 15.7 Å². The molecule has 0 aliphatic carbocycles. The maximum atomic E-state index is 12.6. The van der Waals surface area contributed by atoms with Gasteiger partial charge in [-0.3, -0.25) is 4.79 Å². The zero-order valence-electron chi connectivity index (χ0n) is 16.6. The van der Waals surface area contributed by atoms with Crippen molar-refractivity contribution in [3.63, 3.8) is 0 Å². The number of amides is 1. The second-order valence-corrected chi connectivity index (χ2v) is 8.31. The minimum atomic E-state index is -0.0628. The SMILES string of the molecule is Cc1ccccc1-c1ccc(N2CCC(C(=O)Nc3ccc(Cl)cc3Cl)CC2)nn1. The summed E-state index contributed by atoms with van der Waals surface area (Å²) in [6.45, 7) is 3.58. The van der Waals surface area contributed by atoms with E-state index in [2.05, 4.69) is 39.5 Å². The number of halogens is 2. The summed E-state index contributed by atoms with van der Waals surface area (Å²) in [5.41, 5.74) is 3.72. The molecule has 5 nitrogen and oxygen atoms in total. The van der Waals surface area contributed by atoms with E-state index in [4.69, 9.17) is 23.2 Å². The number of anilines is 2. The van der Waals surface area contributed by atoms with Crippen LogP contribution in [0.15, 0.2) is 54.6 Å². The lowest BCUT2D eigenvalue weighted by molar-refractivity contribution is -0.120. The van der Waals surface area contributed by atoms with Crippen molar-refractivity contribution in [3.05, 3.63) is 70.2 Å². The van der Waals surface area contributed by atoms with Crippen molar-refractivity contribution in [2.45, 2.75) is 19.8 Å². The average Bonchev–Trinajstić information content (AvgIpc) is 2.76. The van der Waals surface area contributed by atoms with E-state index in [1.807, 2.05) is 24.3 Å². The summed E-state index contributed by atoms with van der Waals surface area (Å²) in [6.07, 6.45) is 1.50. The van der Waals surface area contributed by atoms with Gasteiger partial charge in [0.05, 0.1) is 16.4 Å². The summed E-state index contributed by atoms with van der Waals surface area (Å²) in [5.74, 6) is 0.763. The van der Waals surface area contributed by atoms with Crippen LogP contribution in [0.4, 0.5) is 11.5 Å². The lowest BCUT2D eigenvalue weighted by Crippen LogP contribution is -2.38. The first kappa shape index (κ1) is 20.6. The number of piperidine rings is 1. The number of nitrogens with one attached hydrogen (secondary N) is 1. The molecule has 4 rings (SSSR count). The third-order valence-electron chi connectivity index (χ3n) is 5.45. The Morgan fingerprint density at radius 3 is 2.47 bits per heavy atom. The molecule has 0 bridgehead atoms. The molecule has 1 aliphatic rings. The normalized spacial score (nSPS) is 14.6. The Hall–Kier alpha value is -2.63. The molecule has 1 aliphatic heterocycles. The number of carbonyl (C=O) groups excluding carboxylic acids is 1. The van der Waals surface area contributed by atoms with Crippen molar-refractivity contribution in [2.24, 2.45) is 5.92 Å². The van der Waals surface area contributed by atoms with Crippen molar-refractivity contribution < 1.29 is 4.79 Å². The summed E-state index contributed by atoms with van der Waals surface area (Å²) in [6, 6.07) is 17.2. The largest absolute Gasteiger partial charge is 0.355 e. The quantitative estimate of drug-likeness (QED) is 0.572. The summed E-state index contributed by atoms with van der Waals surface area (Å²) >= 11 is 12.1. The molecule has 2 heterocycles. The Balaban J connectivity index is 1.36. The number of benzene rings is 2. The smallest absolute Gasteiger partial charge is 0.227 e. The molecule has 0 atom stereocenters.